The second-order valence-electron chi connectivity index (χ2n) is 7.61. The Morgan fingerprint density at radius 3 is 2.76 bits per heavy atom. The van der Waals surface area contributed by atoms with Gasteiger partial charge in [-0.25, -0.2) is 0 Å². The Bertz CT molecular complexity index is 1090. The maximum atomic E-state index is 12.6. The number of carbonyl (C=O) groups is 1. The number of hydrogen-bond donors (Lipinski definition) is 2. The first kappa shape index (κ1) is 18.8. The number of anilines is 1. The van der Waals surface area contributed by atoms with E-state index < -0.39 is 0 Å². The normalized spacial score (nSPS) is 19.0. The number of nitrogens with one attached hydrogen (secondary N) is 1. The van der Waals surface area contributed by atoms with Crippen LogP contribution in [-0.4, -0.2) is 35.1 Å². The van der Waals surface area contributed by atoms with Gasteiger partial charge in [-0.1, -0.05) is 6.92 Å². The molecule has 0 spiro atoms. The number of rotatable bonds is 3. The lowest BCUT2D eigenvalue weighted by molar-refractivity contribution is 0.0929. The van der Waals surface area contributed by atoms with Crippen LogP contribution in [-0.2, 0) is 0 Å². The van der Waals surface area contributed by atoms with Crippen LogP contribution in [0.25, 0.3) is 10.9 Å². The predicted molar refractivity (Wildman–Crippen MR) is 112 cm³/mol. The molecular formula is C23H22N4O2. The van der Waals surface area contributed by atoms with Gasteiger partial charge in [-0.3, -0.25) is 9.78 Å². The molecule has 1 aliphatic heterocycles. The number of fused-ring (bicyclic) bond motifs is 1. The molecule has 1 amide bonds. The number of aromatic nitrogens is 1. The number of piperidine rings is 1. The summed E-state index contributed by atoms with van der Waals surface area (Å²) < 4.78 is 0. The van der Waals surface area contributed by atoms with Crippen molar-refractivity contribution < 1.29 is 9.90 Å². The third-order valence-corrected chi connectivity index (χ3v) is 5.33. The molecule has 3 aromatic rings. The summed E-state index contributed by atoms with van der Waals surface area (Å²) >= 11 is 0. The number of amides is 1. The average molecular weight is 386 g/mol. The zero-order chi connectivity index (χ0) is 20.4. The van der Waals surface area contributed by atoms with Crippen LogP contribution >= 0.6 is 0 Å². The molecule has 2 atom stereocenters. The van der Waals surface area contributed by atoms with Crippen molar-refractivity contribution in [2.45, 2.75) is 19.4 Å². The predicted octanol–water partition coefficient (Wildman–Crippen LogP) is 3.46. The largest absolute Gasteiger partial charge is 0.508 e. The highest BCUT2D eigenvalue weighted by atomic mass is 16.3. The van der Waals surface area contributed by atoms with Gasteiger partial charge in [0, 0.05) is 42.0 Å². The number of phenols is 1. The van der Waals surface area contributed by atoms with E-state index in [1.165, 1.54) is 12.1 Å². The zero-order valence-electron chi connectivity index (χ0n) is 16.2. The van der Waals surface area contributed by atoms with Crippen molar-refractivity contribution in [2.75, 3.05) is 18.0 Å². The Morgan fingerprint density at radius 2 is 2.00 bits per heavy atom. The molecule has 1 fully saturated rings. The monoisotopic (exact) mass is 386 g/mol. The molecule has 6 nitrogen and oxygen atoms in total. The second kappa shape index (κ2) is 7.80. The van der Waals surface area contributed by atoms with Crippen LogP contribution in [0.1, 0.15) is 29.3 Å². The number of nitrogens with zero attached hydrogens (tertiary/aromatic N) is 3. The van der Waals surface area contributed by atoms with E-state index in [-0.39, 0.29) is 17.7 Å². The molecule has 0 saturated carbocycles. The molecule has 2 heterocycles. The Morgan fingerprint density at radius 1 is 1.21 bits per heavy atom. The minimum Gasteiger partial charge on any atom is -0.508 e. The highest BCUT2D eigenvalue weighted by Crippen LogP contribution is 2.31. The van der Waals surface area contributed by atoms with Crippen molar-refractivity contribution in [3.05, 3.63) is 65.9 Å². The van der Waals surface area contributed by atoms with Gasteiger partial charge in [0.25, 0.3) is 5.91 Å². The lowest BCUT2D eigenvalue weighted by Gasteiger charge is -2.38. The van der Waals surface area contributed by atoms with Gasteiger partial charge in [-0.2, -0.15) is 5.26 Å². The Hall–Kier alpha value is -3.59. The third kappa shape index (κ3) is 3.85. The van der Waals surface area contributed by atoms with Crippen LogP contribution in [0, 0.1) is 17.2 Å². The van der Waals surface area contributed by atoms with Crippen molar-refractivity contribution in [2.24, 2.45) is 5.92 Å². The van der Waals surface area contributed by atoms with Gasteiger partial charge in [0.1, 0.15) is 11.8 Å². The number of phenolic OH excluding ortho intramolecular Hbond substituents is 1. The molecule has 2 N–H and O–H groups in total. The van der Waals surface area contributed by atoms with Gasteiger partial charge in [0.2, 0.25) is 0 Å². The summed E-state index contributed by atoms with van der Waals surface area (Å²) in [7, 11) is 0. The quantitative estimate of drug-likeness (QED) is 0.720. The van der Waals surface area contributed by atoms with Gasteiger partial charge in [-0.05, 0) is 60.9 Å². The standard InChI is InChI=1S/C23H22N4O2/c1-15-11-18(26-23(29)16-4-7-19(28)8-5-16)14-27(13-15)21-9-6-17(12-24)22-20(21)3-2-10-25-22/h2-10,15,18,28H,11,13-14H2,1H3,(H,26,29)/t15-,18+/m0/s1. The summed E-state index contributed by atoms with van der Waals surface area (Å²) in [4.78, 5) is 19.3. The number of benzene rings is 2. The number of carbonyl (C=O) groups excluding carboxylic acids is 1. The van der Waals surface area contributed by atoms with Gasteiger partial charge < -0.3 is 15.3 Å². The molecule has 4 rings (SSSR count). The van der Waals surface area contributed by atoms with Crippen molar-refractivity contribution in [1.82, 2.24) is 10.3 Å². The van der Waals surface area contributed by atoms with Crippen LogP contribution in [0.3, 0.4) is 0 Å². The summed E-state index contributed by atoms with van der Waals surface area (Å²) in [6.07, 6.45) is 2.60. The number of pyridine rings is 1. The molecular weight excluding hydrogens is 364 g/mol. The molecule has 6 heteroatoms. The number of aromatic hydroxyl groups is 1. The van der Waals surface area contributed by atoms with E-state index in [2.05, 4.69) is 28.2 Å². The summed E-state index contributed by atoms with van der Waals surface area (Å²) in [6.45, 7) is 3.74. The fourth-order valence-corrected chi connectivity index (χ4v) is 4.06. The fourth-order valence-electron chi connectivity index (χ4n) is 4.06. The average Bonchev–Trinajstić information content (AvgIpc) is 2.73. The van der Waals surface area contributed by atoms with Gasteiger partial charge >= 0.3 is 0 Å². The lowest BCUT2D eigenvalue weighted by Crippen LogP contribution is -2.50. The van der Waals surface area contributed by atoms with Crippen LogP contribution < -0.4 is 10.2 Å². The number of hydrogen-bond acceptors (Lipinski definition) is 5. The minimum atomic E-state index is -0.143. The van der Waals surface area contributed by atoms with Crippen LogP contribution in [0.5, 0.6) is 5.75 Å². The highest BCUT2D eigenvalue weighted by Gasteiger charge is 2.27. The first-order chi connectivity index (χ1) is 14.0. The summed E-state index contributed by atoms with van der Waals surface area (Å²) in [6, 6.07) is 16.1. The molecule has 0 bridgehead atoms. The second-order valence-corrected chi connectivity index (χ2v) is 7.61. The first-order valence-corrected chi connectivity index (χ1v) is 9.68. The minimum absolute atomic E-state index is 0.00224. The summed E-state index contributed by atoms with van der Waals surface area (Å²) in [5, 5.41) is 22.9. The van der Waals surface area contributed by atoms with E-state index in [4.69, 9.17) is 0 Å². The number of nitriles is 1. The van der Waals surface area contributed by atoms with Crippen LogP contribution in [0.2, 0.25) is 0 Å². The van der Waals surface area contributed by atoms with Gasteiger partial charge in [0.05, 0.1) is 11.1 Å². The topological polar surface area (TPSA) is 89.2 Å². The van der Waals surface area contributed by atoms with E-state index in [1.807, 2.05) is 24.3 Å². The lowest BCUT2D eigenvalue weighted by atomic mass is 9.94. The van der Waals surface area contributed by atoms with Crippen molar-refractivity contribution in [1.29, 1.82) is 5.26 Å². The Kier molecular flexibility index (Phi) is 5.05. The van der Waals surface area contributed by atoms with Gasteiger partial charge in [0.15, 0.2) is 0 Å². The molecule has 146 valence electrons. The van der Waals surface area contributed by atoms with E-state index in [1.54, 1.807) is 18.3 Å². The molecule has 0 unspecified atom stereocenters. The molecule has 1 aliphatic rings. The van der Waals surface area contributed by atoms with Crippen LogP contribution in [0.4, 0.5) is 5.69 Å². The van der Waals surface area contributed by atoms with Crippen molar-refractivity contribution in [3.8, 4) is 11.8 Å². The highest BCUT2D eigenvalue weighted by molar-refractivity contribution is 5.96. The smallest absolute Gasteiger partial charge is 0.251 e. The maximum Gasteiger partial charge on any atom is 0.251 e. The zero-order valence-corrected chi connectivity index (χ0v) is 16.2. The SMILES string of the molecule is C[C@H]1C[C@@H](NC(=O)c2ccc(O)cc2)CN(c2ccc(C#N)c3ncccc23)C1. The first-order valence-electron chi connectivity index (χ1n) is 9.68. The summed E-state index contributed by atoms with van der Waals surface area (Å²) in [5.74, 6) is 0.395. The van der Waals surface area contributed by atoms with E-state index in [9.17, 15) is 15.2 Å². The maximum absolute atomic E-state index is 12.6. The van der Waals surface area contributed by atoms with Crippen molar-refractivity contribution in [3.63, 3.8) is 0 Å². The van der Waals surface area contributed by atoms with Gasteiger partial charge in [-0.15, -0.1) is 0 Å². The molecule has 2 aromatic carbocycles. The molecule has 29 heavy (non-hydrogen) atoms. The van der Waals surface area contributed by atoms with Crippen LogP contribution in [0.15, 0.2) is 54.7 Å². The summed E-state index contributed by atoms with van der Waals surface area (Å²) in [5.41, 5.74) is 2.82. The molecule has 0 radical (unpaired) electrons. The van der Waals surface area contributed by atoms with E-state index in [0.29, 0.717) is 29.1 Å². The van der Waals surface area contributed by atoms with Crippen molar-refractivity contribution >= 4 is 22.5 Å². The Balaban J connectivity index is 1.58. The molecule has 1 aromatic heterocycles. The van der Waals surface area contributed by atoms with E-state index in [0.717, 1.165) is 24.0 Å². The third-order valence-electron chi connectivity index (χ3n) is 5.33. The molecule has 1 saturated heterocycles. The Labute approximate surface area is 169 Å². The fraction of sp³-hybridized carbons (Fsp3) is 0.261. The van der Waals surface area contributed by atoms with E-state index >= 15 is 0 Å². The molecule has 0 aliphatic carbocycles.